The quantitative estimate of drug-likeness (QED) is 0.647. The van der Waals surface area contributed by atoms with Crippen LogP contribution in [0.2, 0.25) is 0 Å². The molecule has 27 heavy (non-hydrogen) atoms. The minimum Gasteiger partial charge on any atom is -0.495 e. The number of esters is 1. The molecule has 1 amide bonds. The highest BCUT2D eigenvalue weighted by molar-refractivity contribution is 7.17. The van der Waals surface area contributed by atoms with Crippen LogP contribution in [-0.4, -0.2) is 26.1 Å². The lowest BCUT2D eigenvalue weighted by atomic mass is 10.1. The van der Waals surface area contributed by atoms with Crippen molar-refractivity contribution in [2.45, 2.75) is 6.92 Å². The highest BCUT2D eigenvalue weighted by Gasteiger charge is 2.19. The number of thiophene rings is 1. The normalized spacial score (nSPS) is 10.3. The van der Waals surface area contributed by atoms with Crippen molar-refractivity contribution >= 4 is 28.9 Å². The van der Waals surface area contributed by atoms with Crippen molar-refractivity contribution in [1.29, 1.82) is 0 Å². The van der Waals surface area contributed by atoms with Crippen LogP contribution < -0.4 is 10.1 Å². The number of nitrogens with one attached hydrogen (secondary N) is 1. The molecule has 0 radical (unpaired) electrons. The number of carbonyl (C=O) groups is 2. The molecule has 0 aliphatic carbocycles. The fourth-order valence-corrected chi connectivity index (χ4v) is 3.64. The molecule has 0 atom stereocenters. The Hall–Kier alpha value is -3.12. The molecule has 0 bridgehead atoms. The first kappa shape index (κ1) is 18.7. The summed E-state index contributed by atoms with van der Waals surface area (Å²) >= 11 is 1.36. The summed E-state index contributed by atoms with van der Waals surface area (Å²) in [7, 11) is 2.86. The third-order valence-electron chi connectivity index (χ3n) is 4.09. The summed E-state index contributed by atoms with van der Waals surface area (Å²) in [5.74, 6) is -0.229. The van der Waals surface area contributed by atoms with Crippen molar-refractivity contribution in [1.82, 2.24) is 0 Å². The minimum atomic E-state index is -0.453. The van der Waals surface area contributed by atoms with Crippen molar-refractivity contribution in [3.05, 3.63) is 70.6 Å². The lowest BCUT2D eigenvalue weighted by Gasteiger charge is -2.10. The minimum absolute atomic E-state index is 0.288. The van der Waals surface area contributed by atoms with Gasteiger partial charge in [0.05, 0.1) is 19.8 Å². The van der Waals surface area contributed by atoms with Crippen molar-refractivity contribution in [2.24, 2.45) is 0 Å². The molecule has 3 rings (SSSR count). The summed E-state index contributed by atoms with van der Waals surface area (Å²) in [5.41, 5.74) is 2.79. The number of carbonyl (C=O) groups excluding carboxylic acids is 2. The molecule has 0 aliphatic heterocycles. The van der Waals surface area contributed by atoms with Gasteiger partial charge in [0.25, 0.3) is 5.91 Å². The first-order chi connectivity index (χ1) is 13.0. The Labute approximate surface area is 161 Å². The fraction of sp³-hybridized carbons (Fsp3) is 0.143. The molecule has 0 spiro atoms. The highest BCUT2D eigenvalue weighted by Crippen LogP contribution is 2.36. The molecule has 0 unspecified atom stereocenters. The van der Waals surface area contributed by atoms with E-state index in [4.69, 9.17) is 9.47 Å². The predicted molar refractivity (Wildman–Crippen MR) is 107 cm³/mol. The van der Waals surface area contributed by atoms with Crippen LogP contribution in [-0.2, 0) is 4.74 Å². The zero-order valence-electron chi connectivity index (χ0n) is 15.2. The van der Waals surface area contributed by atoms with E-state index in [9.17, 15) is 9.59 Å². The summed E-state index contributed by atoms with van der Waals surface area (Å²) in [5, 5.41) is 2.87. The van der Waals surface area contributed by atoms with E-state index in [0.29, 0.717) is 21.9 Å². The van der Waals surface area contributed by atoms with Crippen molar-refractivity contribution < 1.29 is 19.1 Å². The molecule has 2 aromatic carbocycles. The van der Waals surface area contributed by atoms with E-state index in [2.05, 4.69) is 5.32 Å². The topological polar surface area (TPSA) is 64.6 Å². The molecule has 1 N–H and O–H groups in total. The van der Waals surface area contributed by atoms with E-state index >= 15 is 0 Å². The summed E-state index contributed by atoms with van der Waals surface area (Å²) in [6.07, 6.45) is 0. The standard InChI is InChI=1S/C21H19NO4S/c1-13-9-10-15(21(24)26-3)11-16(13)22-20(23)19-17(25-2)12-18(27-19)14-7-5-4-6-8-14/h4-12H,1-3H3,(H,22,23). The molecule has 0 saturated carbocycles. The van der Waals surface area contributed by atoms with E-state index < -0.39 is 5.97 Å². The van der Waals surface area contributed by atoms with Gasteiger partial charge in [0, 0.05) is 10.6 Å². The number of benzene rings is 2. The number of hydrogen-bond donors (Lipinski definition) is 1. The third-order valence-corrected chi connectivity index (χ3v) is 5.25. The molecule has 138 valence electrons. The van der Waals surface area contributed by atoms with Crippen molar-refractivity contribution in [3.8, 4) is 16.2 Å². The van der Waals surface area contributed by atoms with E-state index in [0.717, 1.165) is 16.0 Å². The first-order valence-electron chi connectivity index (χ1n) is 8.27. The van der Waals surface area contributed by atoms with E-state index in [1.165, 1.54) is 25.6 Å². The first-order valence-corrected chi connectivity index (χ1v) is 9.08. The number of ether oxygens (including phenoxy) is 2. The SMILES string of the molecule is COC(=O)c1ccc(C)c(NC(=O)c2sc(-c3ccccc3)cc2OC)c1. The number of amides is 1. The average Bonchev–Trinajstić information content (AvgIpc) is 3.14. The third kappa shape index (κ3) is 4.01. The molecular formula is C21H19NO4S. The molecule has 0 saturated heterocycles. The van der Waals surface area contributed by atoms with E-state index in [1.807, 2.05) is 43.3 Å². The van der Waals surface area contributed by atoms with Crippen LogP contribution in [0.3, 0.4) is 0 Å². The summed E-state index contributed by atoms with van der Waals surface area (Å²) < 4.78 is 10.1. The van der Waals surface area contributed by atoms with Crippen LogP contribution in [0.5, 0.6) is 5.75 Å². The summed E-state index contributed by atoms with van der Waals surface area (Å²) in [6.45, 7) is 1.86. The van der Waals surface area contributed by atoms with Gasteiger partial charge in [0.15, 0.2) is 0 Å². The molecule has 3 aromatic rings. The van der Waals surface area contributed by atoms with Crippen LogP contribution in [0, 0.1) is 6.92 Å². The summed E-state index contributed by atoms with van der Waals surface area (Å²) in [6, 6.07) is 16.7. The van der Waals surface area contributed by atoms with Gasteiger partial charge in [-0.15, -0.1) is 11.3 Å². The average molecular weight is 381 g/mol. The van der Waals surface area contributed by atoms with Gasteiger partial charge in [0.2, 0.25) is 0 Å². The van der Waals surface area contributed by atoms with Crippen LogP contribution >= 0.6 is 11.3 Å². The molecular weight excluding hydrogens is 362 g/mol. The van der Waals surface area contributed by atoms with E-state index in [1.54, 1.807) is 18.2 Å². The van der Waals surface area contributed by atoms with E-state index in [-0.39, 0.29) is 5.91 Å². The van der Waals surface area contributed by atoms with Crippen LogP contribution in [0.25, 0.3) is 10.4 Å². The molecule has 1 heterocycles. The van der Waals surface area contributed by atoms with Crippen LogP contribution in [0.15, 0.2) is 54.6 Å². The Balaban J connectivity index is 1.91. The van der Waals surface area contributed by atoms with Gasteiger partial charge >= 0.3 is 5.97 Å². The maximum Gasteiger partial charge on any atom is 0.337 e. The molecule has 6 heteroatoms. The summed E-state index contributed by atoms with van der Waals surface area (Å²) in [4.78, 5) is 26.0. The van der Waals surface area contributed by atoms with Crippen LogP contribution in [0.1, 0.15) is 25.6 Å². The largest absolute Gasteiger partial charge is 0.495 e. The smallest absolute Gasteiger partial charge is 0.337 e. The van der Waals surface area contributed by atoms with Gasteiger partial charge in [-0.3, -0.25) is 4.79 Å². The number of methoxy groups -OCH3 is 2. The van der Waals surface area contributed by atoms with Gasteiger partial charge in [-0.1, -0.05) is 36.4 Å². The molecule has 1 aromatic heterocycles. The predicted octanol–water partition coefficient (Wildman–Crippen LogP) is 4.77. The molecule has 5 nitrogen and oxygen atoms in total. The van der Waals surface area contributed by atoms with Gasteiger partial charge in [-0.25, -0.2) is 4.79 Å². The Morgan fingerprint density at radius 2 is 1.74 bits per heavy atom. The second kappa shape index (κ2) is 8.05. The monoisotopic (exact) mass is 381 g/mol. The Bertz CT molecular complexity index is 979. The van der Waals surface area contributed by atoms with Crippen molar-refractivity contribution in [2.75, 3.05) is 19.5 Å². The van der Waals surface area contributed by atoms with Crippen LogP contribution in [0.4, 0.5) is 5.69 Å². The fourth-order valence-electron chi connectivity index (χ4n) is 2.61. The number of rotatable bonds is 5. The number of aryl methyl sites for hydroxylation is 1. The zero-order chi connectivity index (χ0) is 19.4. The van der Waals surface area contributed by atoms with Gasteiger partial charge in [-0.05, 0) is 36.2 Å². The lowest BCUT2D eigenvalue weighted by Crippen LogP contribution is -2.13. The maximum atomic E-state index is 12.8. The second-order valence-corrected chi connectivity index (χ2v) is 6.90. The van der Waals surface area contributed by atoms with Crippen molar-refractivity contribution in [3.63, 3.8) is 0 Å². The number of hydrogen-bond acceptors (Lipinski definition) is 5. The Kier molecular flexibility index (Phi) is 5.57. The van der Waals surface area contributed by atoms with Gasteiger partial charge in [0.1, 0.15) is 10.6 Å². The molecule has 0 aliphatic rings. The maximum absolute atomic E-state index is 12.8. The second-order valence-electron chi connectivity index (χ2n) is 5.85. The Morgan fingerprint density at radius 3 is 2.41 bits per heavy atom. The van der Waals surface area contributed by atoms with Gasteiger partial charge in [-0.2, -0.15) is 0 Å². The number of anilines is 1. The zero-order valence-corrected chi connectivity index (χ0v) is 16.1. The van der Waals surface area contributed by atoms with Gasteiger partial charge < -0.3 is 14.8 Å². The lowest BCUT2D eigenvalue weighted by molar-refractivity contribution is 0.0600. The Morgan fingerprint density at radius 1 is 1.00 bits per heavy atom. The molecule has 0 fully saturated rings. The highest BCUT2D eigenvalue weighted by atomic mass is 32.1.